The zero-order valence-electron chi connectivity index (χ0n) is 13.6. The zero-order valence-corrected chi connectivity index (χ0v) is 14.4. The Bertz CT molecular complexity index is 835. The van der Waals surface area contributed by atoms with Gasteiger partial charge in [-0.2, -0.15) is 4.31 Å². The van der Waals surface area contributed by atoms with Crippen molar-refractivity contribution in [3.8, 4) is 5.75 Å². The Morgan fingerprint density at radius 1 is 0.923 bits per heavy atom. The number of aromatic nitrogens is 1. The number of piperazine rings is 1. The summed E-state index contributed by atoms with van der Waals surface area (Å²) >= 11 is 0. The van der Waals surface area contributed by atoms with Crippen molar-refractivity contribution in [3.05, 3.63) is 48.8 Å². The number of alkyl halides is 3. The zero-order chi connectivity index (χ0) is 18.8. The SMILES string of the molecule is O=S(=O)(c1ccc(OC(F)(F)F)cc1)N1CCN(c2ccncc2)CC1. The number of rotatable bonds is 4. The molecule has 1 aliphatic rings. The first-order valence-electron chi connectivity index (χ1n) is 7.77. The van der Waals surface area contributed by atoms with Gasteiger partial charge in [0.1, 0.15) is 5.75 Å². The summed E-state index contributed by atoms with van der Waals surface area (Å²) in [6.07, 6.45) is -1.48. The van der Waals surface area contributed by atoms with Crippen LogP contribution in [0.3, 0.4) is 0 Å². The average molecular weight is 387 g/mol. The lowest BCUT2D eigenvalue weighted by Crippen LogP contribution is -2.48. The van der Waals surface area contributed by atoms with Gasteiger partial charge in [-0.1, -0.05) is 0 Å². The molecule has 1 aromatic heterocycles. The Morgan fingerprint density at radius 2 is 1.50 bits per heavy atom. The lowest BCUT2D eigenvalue weighted by Gasteiger charge is -2.35. The Kier molecular flexibility index (Phi) is 5.05. The van der Waals surface area contributed by atoms with E-state index in [0.717, 1.165) is 30.0 Å². The van der Waals surface area contributed by atoms with Crippen LogP contribution < -0.4 is 9.64 Å². The summed E-state index contributed by atoms with van der Waals surface area (Å²) in [5.74, 6) is -0.459. The minimum atomic E-state index is -4.82. The molecule has 26 heavy (non-hydrogen) atoms. The van der Waals surface area contributed by atoms with E-state index in [1.807, 2.05) is 17.0 Å². The Labute approximate surface area is 148 Å². The molecule has 0 aliphatic carbocycles. The highest BCUT2D eigenvalue weighted by molar-refractivity contribution is 7.89. The molecular formula is C16H16F3N3O3S. The maximum absolute atomic E-state index is 12.7. The second-order valence-electron chi connectivity index (χ2n) is 5.62. The molecule has 0 bridgehead atoms. The molecule has 1 aromatic carbocycles. The topological polar surface area (TPSA) is 62.7 Å². The monoisotopic (exact) mass is 387 g/mol. The molecule has 6 nitrogen and oxygen atoms in total. The largest absolute Gasteiger partial charge is 0.573 e. The smallest absolute Gasteiger partial charge is 0.406 e. The fraction of sp³-hybridized carbons (Fsp3) is 0.312. The molecule has 10 heteroatoms. The number of nitrogens with zero attached hydrogens (tertiary/aromatic N) is 3. The van der Waals surface area contributed by atoms with Gasteiger partial charge in [0.25, 0.3) is 0 Å². The van der Waals surface area contributed by atoms with Crippen molar-refractivity contribution < 1.29 is 26.3 Å². The van der Waals surface area contributed by atoms with Crippen molar-refractivity contribution in [1.82, 2.24) is 9.29 Å². The van der Waals surface area contributed by atoms with Crippen LogP contribution in [0.15, 0.2) is 53.7 Å². The van der Waals surface area contributed by atoms with E-state index in [-0.39, 0.29) is 18.0 Å². The highest BCUT2D eigenvalue weighted by Crippen LogP contribution is 2.26. The molecule has 0 spiro atoms. The number of ether oxygens (including phenoxy) is 1. The molecule has 1 fully saturated rings. The molecule has 140 valence electrons. The molecule has 1 saturated heterocycles. The minimum Gasteiger partial charge on any atom is -0.406 e. The fourth-order valence-corrected chi connectivity index (χ4v) is 4.13. The number of hydrogen-bond donors (Lipinski definition) is 0. The van der Waals surface area contributed by atoms with E-state index < -0.39 is 22.1 Å². The van der Waals surface area contributed by atoms with E-state index in [9.17, 15) is 21.6 Å². The molecule has 2 aromatic rings. The fourth-order valence-electron chi connectivity index (χ4n) is 2.70. The highest BCUT2D eigenvalue weighted by Gasteiger charge is 2.32. The number of halogens is 3. The maximum Gasteiger partial charge on any atom is 0.573 e. The van der Waals surface area contributed by atoms with Gasteiger partial charge in [-0.3, -0.25) is 4.98 Å². The molecule has 0 N–H and O–H groups in total. The number of benzene rings is 1. The maximum atomic E-state index is 12.7. The van der Waals surface area contributed by atoms with E-state index in [2.05, 4.69) is 9.72 Å². The standard InChI is InChI=1S/C16H16F3N3O3S/c17-16(18,19)25-14-1-3-15(4-2-14)26(23,24)22-11-9-21(10-12-22)13-5-7-20-8-6-13/h1-8H,9-12H2. The molecule has 0 amide bonds. The molecule has 3 rings (SSSR count). The normalized spacial score (nSPS) is 16.5. The minimum absolute atomic E-state index is 0.0654. The predicted molar refractivity (Wildman–Crippen MR) is 88.3 cm³/mol. The number of sulfonamides is 1. The van der Waals surface area contributed by atoms with Crippen LogP contribution >= 0.6 is 0 Å². The van der Waals surface area contributed by atoms with Crippen LogP contribution in [0.2, 0.25) is 0 Å². The lowest BCUT2D eigenvalue weighted by molar-refractivity contribution is -0.274. The third kappa shape index (κ3) is 4.25. The summed E-state index contributed by atoms with van der Waals surface area (Å²) in [4.78, 5) is 5.93. The number of pyridine rings is 1. The van der Waals surface area contributed by atoms with E-state index in [1.165, 1.54) is 4.31 Å². The van der Waals surface area contributed by atoms with Gasteiger partial charge in [-0.25, -0.2) is 8.42 Å². The molecule has 2 heterocycles. The van der Waals surface area contributed by atoms with Crippen molar-refractivity contribution in [2.45, 2.75) is 11.3 Å². The van der Waals surface area contributed by atoms with Gasteiger partial charge in [0.2, 0.25) is 10.0 Å². The summed E-state index contributed by atoms with van der Waals surface area (Å²) < 4.78 is 67.0. The summed E-state index contributed by atoms with van der Waals surface area (Å²) in [6.45, 7) is 1.59. The van der Waals surface area contributed by atoms with Gasteiger partial charge in [0, 0.05) is 44.3 Å². The number of anilines is 1. The summed E-state index contributed by atoms with van der Waals surface area (Å²) in [6, 6.07) is 7.92. The average Bonchev–Trinajstić information content (AvgIpc) is 2.62. The molecule has 0 radical (unpaired) electrons. The van der Waals surface area contributed by atoms with E-state index in [0.29, 0.717) is 13.1 Å². The first-order valence-corrected chi connectivity index (χ1v) is 9.21. The summed E-state index contributed by atoms with van der Waals surface area (Å²) in [7, 11) is -3.77. The van der Waals surface area contributed by atoms with Gasteiger partial charge >= 0.3 is 6.36 Å². The van der Waals surface area contributed by atoms with Crippen LogP contribution in [0.5, 0.6) is 5.75 Å². The summed E-state index contributed by atoms with van der Waals surface area (Å²) in [5, 5.41) is 0. The first-order chi connectivity index (χ1) is 12.3. The third-order valence-electron chi connectivity index (χ3n) is 3.96. The number of hydrogen-bond acceptors (Lipinski definition) is 5. The van der Waals surface area contributed by atoms with Crippen LogP contribution in [-0.4, -0.2) is 50.2 Å². The van der Waals surface area contributed by atoms with Crippen molar-refractivity contribution in [3.63, 3.8) is 0 Å². The predicted octanol–water partition coefficient (Wildman–Crippen LogP) is 2.49. The van der Waals surface area contributed by atoms with E-state index in [1.54, 1.807) is 12.4 Å². The Morgan fingerprint density at radius 3 is 2.04 bits per heavy atom. The second kappa shape index (κ2) is 7.12. The molecule has 0 unspecified atom stereocenters. The van der Waals surface area contributed by atoms with E-state index >= 15 is 0 Å². The first kappa shape index (κ1) is 18.5. The van der Waals surface area contributed by atoms with Crippen molar-refractivity contribution in [2.75, 3.05) is 31.1 Å². The molecular weight excluding hydrogens is 371 g/mol. The van der Waals surface area contributed by atoms with Gasteiger partial charge in [-0.05, 0) is 36.4 Å². The van der Waals surface area contributed by atoms with Crippen LogP contribution in [0, 0.1) is 0 Å². The summed E-state index contributed by atoms with van der Waals surface area (Å²) in [5.41, 5.74) is 0.964. The molecule has 1 aliphatic heterocycles. The van der Waals surface area contributed by atoms with Gasteiger partial charge < -0.3 is 9.64 Å². The van der Waals surface area contributed by atoms with Crippen LogP contribution in [0.25, 0.3) is 0 Å². The lowest BCUT2D eigenvalue weighted by atomic mass is 10.3. The van der Waals surface area contributed by atoms with Gasteiger partial charge in [-0.15, -0.1) is 13.2 Å². The Hall–Kier alpha value is -2.33. The Balaban J connectivity index is 1.67. The highest BCUT2D eigenvalue weighted by atomic mass is 32.2. The van der Waals surface area contributed by atoms with Crippen LogP contribution in [-0.2, 0) is 10.0 Å². The van der Waals surface area contributed by atoms with Crippen LogP contribution in [0.1, 0.15) is 0 Å². The third-order valence-corrected chi connectivity index (χ3v) is 5.87. The quantitative estimate of drug-likeness (QED) is 0.807. The molecule has 0 saturated carbocycles. The van der Waals surface area contributed by atoms with Crippen LogP contribution in [0.4, 0.5) is 18.9 Å². The second-order valence-corrected chi connectivity index (χ2v) is 7.55. The van der Waals surface area contributed by atoms with Crippen molar-refractivity contribution in [1.29, 1.82) is 0 Å². The molecule has 0 atom stereocenters. The van der Waals surface area contributed by atoms with Gasteiger partial charge in [0.05, 0.1) is 4.90 Å². The van der Waals surface area contributed by atoms with Crippen molar-refractivity contribution in [2.24, 2.45) is 0 Å². The van der Waals surface area contributed by atoms with Gasteiger partial charge in [0.15, 0.2) is 0 Å². The van der Waals surface area contributed by atoms with Crippen molar-refractivity contribution >= 4 is 15.7 Å². The van der Waals surface area contributed by atoms with E-state index in [4.69, 9.17) is 0 Å².